The molecule has 2 unspecified atom stereocenters. The van der Waals surface area contributed by atoms with Gasteiger partial charge in [-0.25, -0.2) is 4.98 Å². The summed E-state index contributed by atoms with van der Waals surface area (Å²) in [6, 6.07) is 2.36. The van der Waals surface area contributed by atoms with Gasteiger partial charge in [-0.1, -0.05) is 18.5 Å². The zero-order chi connectivity index (χ0) is 12.3. The van der Waals surface area contributed by atoms with Crippen LogP contribution in [0.5, 0.6) is 0 Å². The minimum absolute atomic E-state index is 0.334. The van der Waals surface area contributed by atoms with Gasteiger partial charge in [0.15, 0.2) is 0 Å². The van der Waals surface area contributed by atoms with E-state index in [1.165, 1.54) is 10.6 Å². The number of thiophene rings is 1. The lowest BCUT2D eigenvalue weighted by Gasteiger charge is -2.15. The lowest BCUT2D eigenvalue weighted by atomic mass is 10.1. The molecule has 0 saturated heterocycles. The SMILES string of the molecule is CC(CNC(C)c1csc(Cl)c1)c1nccs1. The van der Waals surface area contributed by atoms with E-state index in [0.29, 0.717) is 12.0 Å². The van der Waals surface area contributed by atoms with Crippen LogP contribution in [0.4, 0.5) is 0 Å². The molecule has 2 aromatic rings. The standard InChI is InChI=1S/C12H15ClN2S2/c1-8(12-14-3-4-16-12)6-15-9(2)10-5-11(13)17-7-10/h3-5,7-9,15H,6H2,1-2H3. The van der Waals surface area contributed by atoms with E-state index in [4.69, 9.17) is 11.6 Å². The quantitative estimate of drug-likeness (QED) is 0.886. The Kier molecular flexibility index (Phi) is 4.56. The van der Waals surface area contributed by atoms with Gasteiger partial charge in [-0.05, 0) is 23.9 Å². The average molecular weight is 287 g/mol. The Labute approximate surface area is 115 Å². The normalized spacial score (nSPS) is 14.8. The summed E-state index contributed by atoms with van der Waals surface area (Å²) in [6.45, 7) is 5.29. The van der Waals surface area contributed by atoms with Crippen LogP contribution >= 0.6 is 34.3 Å². The van der Waals surface area contributed by atoms with Crippen LogP contribution in [0.3, 0.4) is 0 Å². The summed E-state index contributed by atoms with van der Waals surface area (Å²) in [5, 5.41) is 8.83. The van der Waals surface area contributed by atoms with Gasteiger partial charge < -0.3 is 5.32 Å². The third-order valence-electron chi connectivity index (χ3n) is 2.69. The molecule has 2 heterocycles. The monoisotopic (exact) mass is 286 g/mol. The Morgan fingerprint density at radius 1 is 1.41 bits per heavy atom. The zero-order valence-electron chi connectivity index (χ0n) is 9.81. The molecular weight excluding hydrogens is 272 g/mol. The Hall–Kier alpha value is -0.420. The van der Waals surface area contributed by atoms with Crippen molar-refractivity contribution < 1.29 is 0 Å². The summed E-state index contributed by atoms with van der Waals surface area (Å²) in [7, 11) is 0. The van der Waals surface area contributed by atoms with Crippen LogP contribution in [-0.4, -0.2) is 11.5 Å². The van der Waals surface area contributed by atoms with Crippen molar-refractivity contribution in [3.05, 3.63) is 37.9 Å². The highest BCUT2D eigenvalue weighted by atomic mass is 35.5. The summed E-state index contributed by atoms with van der Waals surface area (Å²) in [5.41, 5.74) is 1.26. The first-order valence-corrected chi connectivity index (χ1v) is 7.67. The third-order valence-corrected chi connectivity index (χ3v) is 4.81. The van der Waals surface area contributed by atoms with Gasteiger partial charge in [-0.15, -0.1) is 22.7 Å². The molecular formula is C12H15ClN2S2. The van der Waals surface area contributed by atoms with Crippen LogP contribution in [0.15, 0.2) is 23.0 Å². The lowest BCUT2D eigenvalue weighted by molar-refractivity contribution is 0.537. The van der Waals surface area contributed by atoms with Crippen molar-refractivity contribution in [1.29, 1.82) is 0 Å². The van der Waals surface area contributed by atoms with Gasteiger partial charge in [0.25, 0.3) is 0 Å². The van der Waals surface area contributed by atoms with Crippen molar-refractivity contribution in [2.24, 2.45) is 0 Å². The van der Waals surface area contributed by atoms with Gasteiger partial charge in [0.05, 0.1) is 9.34 Å². The van der Waals surface area contributed by atoms with Gasteiger partial charge in [0, 0.05) is 30.1 Å². The van der Waals surface area contributed by atoms with E-state index in [-0.39, 0.29) is 0 Å². The maximum Gasteiger partial charge on any atom is 0.0965 e. The molecule has 0 aliphatic carbocycles. The fraction of sp³-hybridized carbons (Fsp3) is 0.417. The number of nitrogens with zero attached hydrogens (tertiary/aromatic N) is 1. The van der Waals surface area contributed by atoms with Crippen LogP contribution in [0.25, 0.3) is 0 Å². The summed E-state index contributed by atoms with van der Waals surface area (Å²) in [6.07, 6.45) is 1.86. The van der Waals surface area contributed by atoms with Gasteiger partial charge in [-0.2, -0.15) is 0 Å². The highest BCUT2D eigenvalue weighted by Gasteiger charge is 2.11. The molecule has 0 fully saturated rings. The molecule has 0 saturated carbocycles. The van der Waals surface area contributed by atoms with E-state index >= 15 is 0 Å². The maximum absolute atomic E-state index is 5.93. The summed E-state index contributed by atoms with van der Waals surface area (Å²) in [4.78, 5) is 4.33. The molecule has 1 N–H and O–H groups in total. The largest absolute Gasteiger partial charge is 0.309 e. The lowest BCUT2D eigenvalue weighted by Crippen LogP contribution is -2.23. The van der Waals surface area contributed by atoms with Crippen LogP contribution in [0.2, 0.25) is 4.34 Å². The second-order valence-corrected chi connectivity index (χ2v) is 6.55. The van der Waals surface area contributed by atoms with Crippen LogP contribution in [0.1, 0.15) is 36.4 Å². The van der Waals surface area contributed by atoms with Gasteiger partial charge in [0.1, 0.15) is 0 Å². The van der Waals surface area contributed by atoms with E-state index < -0.39 is 0 Å². The molecule has 0 radical (unpaired) electrons. The molecule has 0 aliphatic heterocycles. The first kappa shape index (κ1) is 13.0. The minimum Gasteiger partial charge on any atom is -0.309 e. The number of hydrogen-bond donors (Lipinski definition) is 1. The van der Waals surface area contributed by atoms with E-state index in [1.54, 1.807) is 22.7 Å². The summed E-state index contributed by atoms with van der Waals surface area (Å²) >= 11 is 9.22. The number of thiazole rings is 1. The van der Waals surface area contributed by atoms with Gasteiger partial charge in [-0.3, -0.25) is 0 Å². The smallest absolute Gasteiger partial charge is 0.0965 e. The number of aromatic nitrogens is 1. The van der Waals surface area contributed by atoms with Gasteiger partial charge >= 0.3 is 0 Å². The van der Waals surface area contributed by atoms with Crippen LogP contribution in [-0.2, 0) is 0 Å². The van der Waals surface area contributed by atoms with Crippen molar-refractivity contribution >= 4 is 34.3 Å². The molecule has 5 heteroatoms. The Bertz CT molecular complexity index is 453. The van der Waals surface area contributed by atoms with E-state index in [1.807, 2.05) is 17.6 Å². The molecule has 2 atom stereocenters. The van der Waals surface area contributed by atoms with Crippen LogP contribution < -0.4 is 5.32 Å². The molecule has 2 rings (SSSR count). The second kappa shape index (κ2) is 5.96. The van der Waals surface area contributed by atoms with Gasteiger partial charge in [0.2, 0.25) is 0 Å². The zero-order valence-corrected chi connectivity index (χ0v) is 12.2. The predicted octanol–water partition coefficient (Wildman–Crippen LogP) is 4.31. The maximum atomic E-state index is 5.93. The van der Waals surface area contributed by atoms with Crippen molar-refractivity contribution in [2.45, 2.75) is 25.8 Å². The van der Waals surface area contributed by atoms with E-state index in [2.05, 4.69) is 29.5 Å². The molecule has 92 valence electrons. The van der Waals surface area contributed by atoms with Crippen molar-refractivity contribution in [1.82, 2.24) is 10.3 Å². The number of rotatable bonds is 5. The molecule has 0 spiro atoms. The highest BCUT2D eigenvalue weighted by Crippen LogP contribution is 2.25. The number of halogens is 1. The molecule has 2 aromatic heterocycles. The fourth-order valence-electron chi connectivity index (χ4n) is 1.59. The third kappa shape index (κ3) is 3.52. The molecule has 2 nitrogen and oxygen atoms in total. The van der Waals surface area contributed by atoms with Crippen molar-refractivity contribution in [3.8, 4) is 0 Å². The molecule has 0 aromatic carbocycles. The Morgan fingerprint density at radius 2 is 2.24 bits per heavy atom. The van der Waals surface area contributed by atoms with Crippen molar-refractivity contribution in [2.75, 3.05) is 6.54 Å². The van der Waals surface area contributed by atoms with Crippen molar-refractivity contribution in [3.63, 3.8) is 0 Å². The molecule has 17 heavy (non-hydrogen) atoms. The first-order chi connectivity index (χ1) is 8.16. The number of hydrogen-bond acceptors (Lipinski definition) is 4. The average Bonchev–Trinajstić information content (AvgIpc) is 2.95. The first-order valence-electron chi connectivity index (χ1n) is 5.53. The minimum atomic E-state index is 0.334. The number of nitrogens with one attached hydrogen (secondary N) is 1. The molecule has 0 bridgehead atoms. The summed E-state index contributed by atoms with van der Waals surface area (Å²) in [5.74, 6) is 0.451. The Morgan fingerprint density at radius 3 is 2.82 bits per heavy atom. The van der Waals surface area contributed by atoms with E-state index in [0.717, 1.165) is 10.9 Å². The highest BCUT2D eigenvalue weighted by molar-refractivity contribution is 7.14. The predicted molar refractivity (Wildman–Crippen MR) is 76.3 cm³/mol. The topological polar surface area (TPSA) is 24.9 Å². The fourth-order valence-corrected chi connectivity index (χ4v) is 3.27. The Balaban J connectivity index is 1.86. The summed E-state index contributed by atoms with van der Waals surface area (Å²) < 4.78 is 0.849. The van der Waals surface area contributed by atoms with Crippen LogP contribution in [0, 0.1) is 0 Å². The molecule has 0 amide bonds. The second-order valence-electron chi connectivity index (χ2n) is 4.09. The van der Waals surface area contributed by atoms with E-state index in [9.17, 15) is 0 Å². The molecule has 0 aliphatic rings.